The van der Waals surface area contributed by atoms with Gasteiger partial charge in [-0.3, -0.25) is 0 Å². The molecule has 0 aliphatic rings. The molecule has 0 radical (unpaired) electrons. The lowest BCUT2D eigenvalue weighted by atomic mass is 10.1. The van der Waals surface area contributed by atoms with Crippen LogP contribution in [-0.2, 0) is 6.42 Å². The van der Waals surface area contributed by atoms with Crippen molar-refractivity contribution in [3.8, 4) is 23.5 Å². The first-order valence-corrected chi connectivity index (χ1v) is 10.9. The smallest absolute Gasteiger partial charge is 0.335 e. The average Bonchev–Trinajstić information content (AvgIpc) is 2.84. The lowest BCUT2D eigenvalue weighted by Crippen LogP contribution is -2.04. The van der Waals surface area contributed by atoms with Crippen LogP contribution >= 0.6 is 0 Å². The summed E-state index contributed by atoms with van der Waals surface area (Å²) in [7, 11) is 0. The quantitative estimate of drug-likeness (QED) is 0.289. The Kier molecular flexibility index (Phi) is 7.29. The number of carbonyl (C=O) groups is 1. The van der Waals surface area contributed by atoms with E-state index in [-0.39, 0.29) is 23.5 Å². The van der Waals surface area contributed by atoms with Crippen molar-refractivity contribution in [2.24, 2.45) is 0 Å². The predicted molar refractivity (Wildman–Crippen MR) is 128 cm³/mol. The molecule has 4 rings (SSSR count). The van der Waals surface area contributed by atoms with E-state index in [0.717, 1.165) is 19.3 Å². The first-order chi connectivity index (χ1) is 16.6. The van der Waals surface area contributed by atoms with Gasteiger partial charge < -0.3 is 19.9 Å². The third-order valence-electron chi connectivity index (χ3n) is 4.86. The monoisotopic (exact) mass is 456 g/mol. The number of aryl methyl sites for hydroxylation is 1. The molecule has 4 aromatic rings. The van der Waals surface area contributed by atoms with Gasteiger partial charge in [0.1, 0.15) is 11.5 Å². The molecule has 0 saturated carbocycles. The second kappa shape index (κ2) is 10.9. The van der Waals surface area contributed by atoms with E-state index in [9.17, 15) is 9.90 Å². The van der Waals surface area contributed by atoms with E-state index in [1.54, 1.807) is 24.3 Å². The van der Waals surface area contributed by atoms with E-state index < -0.39 is 5.97 Å². The molecule has 8 nitrogen and oxygen atoms in total. The summed E-state index contributed by atoms with van der Waals surface area (Å²) in [6, 6.07) is 23.3. The highest BCUT2D eigenvalue weighted by molar-refractivity contribution is 5.89. The third kappa shape index (κ3) is 6.29. The van der Waals surface area contributed by atoms with E-state index in [1.165, 1.54) is 17.7 Å². The molecule has 2 N–H and O–H groups in total. The van der Waals surface area contributed by atoms with Crippen LogP contribution in [0.3, 0.4) is 0 Å². The summed E-state index contributed by atoms with van der Waals surface area (Å²) in [5.41, 5.74) is 1.88. The minimum atomic E-state index is -1.03. The highest BCUT2D eigenvalue weighted by atomic mass is 16.5. The summed E-state index contributed by atoms with van der Waals surface area (Å²) in [6.07, 6.45) is 3.28. The molecule has 1 heterocycles. The average molecular weight is 457 g/mol. The van der Waals surface area contributed by atoms with Crippen molar-refractivity contribution in [3.63, 3.8) is 0 Å². The Morgan fingerprint density at radius 3 is 2.18 bits per heavy atom. The molecule has 0 saturated heterocycles. The van der Waals surface area contributed by atoms with Gasteiger partial charge in [0.05, 0.1) is 5.56 Å². The number of nitrogens with zero attached hydrogens (tertiary/aromatic N) is 3. The van der Waals surface area contributed by atoms with Gasteiger partial charge in [-0.25, -0.2) is 4.79 Å². The molecule has 0 fully saturated rings. The molecule has 0 amide bonds. The number of aromatic nitrogens is 3. The van der Waals surface area contributed by atoms with Crippen LogP contribution in [0.4, 0.5) is 11.6 Å². The molecular formula is C26H24N4O4. The van der Waals surface area contributed by atoms with Crippen molar-refractivity contribution in [3.05, 3.63) is 90.0 Å². The Morgan fingerprint density at radius 2 is 1.53 bits per heavy atom. The number of rotatable bonds is 10. The van der Waals surface area contributed by atoms with Gasteiger partial charge >= 0.3 is 18.0 Å². The number of carboxylic acid groups (broad SMARTS) is 1. The van der Waals surface area contributed by atoms with Gasteiger partial charge in [-0.15, -0.1) is 4.98 Å². The number of unbranched alkanes of at least 4 members (excludes halogenated alkanes) is 1. The number of ether oxygens (including phenoxy) is 2. The second-order valence-corrected chi connectivity index (χ2v) is 7.50. The van der Waals surface area contributed by atoms with E-state index in [1.807, 2.05) is 42.5 Å². The lowest BCUT2D eigenvalue weighted by Gasteiger charge is -2.11. The van der Waals surface area contributed by atoms with Crippen molar-refractivity contribution in [1.82, 2.24) is 15.0 Å². The number of aromatic carboxylic acids is 1. The van der Waals surface area contributed by atoms with E-state index >= 15 is 0 Å². The molecule has 0 atom stereocenters. The van der Waals surface area contributed by atoms with Crippen molar-refractivity contribution in [2.45, 2.75) is 26.2 Å². The summed E-state index contributed by atoms with van der Waals surface area (Å²) in [5.74, 6) is 0.256. The van der Waals surface area contributed by atoms with Gasteiger partial charge in [0, 0.05) is 5.69 Å². The Morgan fingerprint density at radius 1 is 0.853 bits per heavy atom. The van der Waals surface area contributed by atoms with Crippen molar-refractivity contribution < 1.29 is 19.4 Å². The van der Waals surface area contributed by atoms with Gasteiger partial charge in [0.2, 0.25) is 5.95 Å². The van der Waals surface area contributed by atoms with Crippen LogP contribution in [0, 0.1) is 0 Å². The molecule has 0 unspecified atom stereocenters. The molecule has 0 aliphatic carbocycles. The van der Waals surface area contributed by atoms with Gasteiger partial charge in [-0.1, -0.05) is 49.7 Å². The standard InChI is InChI=1S/C26H24N4O4/c1-2-3-8-18-13-15-22(16-14-18)34-26-29-24(27-20-10-7-9-19(17-20)23(31)32)28-25(30-26)33-21-11-5-4-6-12-21/h4-7,9-17H,2-3,8H2,1H3,(H,31,32)(H,27,28,29,30). The third-order valence-corrected chi connectivity index (χ3v) is 4.86. The topological polar surface area (TPSA) is 106 Å². The number of carboxylic acids is 1. The maximum absolute atomic E-state index is 11.3. The van der Waals surface area contributed by atoms with Crippen molar-refractivity contribution in [2.75, 3.05) is 5.32 Å². The normalized spacial score (nSPS) is 10.5. The number of benzene rings is 3. The zero-order valence-electron chi connectivity index (χ0n) is 18.6. The van der Waals surface area contributed by atoms with Crippen LogP contribution in [0.15, 0.2) is 78.9 Å². The van der Waals surface area contributed by atoms with Crippen LogP contribution < -0.4 is 14.8 Å². The largest absolute Gasteiger partial charge is 0.478 e. The van der Waals surface area contributed by atoms with Gasteiger partial charge in [0.15, 0.2) is 0 Å². The Labute approximate surface area is 197 Å². The summed E-state index contributed by atoms with van der Waals surface area (Å²) in [4.78, 5) is 24.2. The number of hydrogen-bond acceptors (Lipinski definition) is 7. The van der Waals surface area contributed by atoms with Crippen molar-refractivity contribution in [1.29, 1.82) is 0 Å². The molecule has 3 aromatic carbocycles. The van der Waals surface area contributed by atoms with Crippen LogP contribution in [-0.4, -0.2) is 26.0 Å². The Hall–Kier alpha value is -4.46. The molecular weight excluding hydrogens is 432 g/mol. The van der Waals surface area contributed by atoms with Crippen LogP contribution in [0.5, 0.6) is 23.5 Å². The summed E-state index contributed by atoms with van der Waals surface area (Å²) in [6.45, 7) is 2.16. The van der Waals surface area contributed by atoms with Crippen LogP contribution in [0.2, 0.25) is 0 Å². The molecule has 0 bridgehead atoms. The van der Waals surface area contributed by atoms with Gasteiger partial charge in [0.25, 0.3) is 0 Å². The van der Waals surface area contributed by atoms with E-state index in [0.29, 0.717) is 17.2 Å². The highest BCUT2D eigenvalue weighted by Crippen LogP contribution is 2.25. The molecule has 172 valence electrons. The first-order valence-electron chi connectivity index (χ1n) is 10.9. The summed E-state index contributed by atoms with van der Waals surface area (Å²) < 4.78 is 11.7. The molecule has 0 aliphatic heterocycles. The molecule has 34 heavy (non-hydrogen) atoms. The predicted octanol–water partition coefficient (Wildman–Crippen LogP) is 6.24. The molecule has 1 aromatic heterocycles. The minimum absolute atomic E-state index is 0.0349. The lowest BCUT2D eigenvalue weighted by molar-refractivity contribution is 0.0697. The number of para-hydroxylation sites is 1. The maximum atomic E-state index is 11.3. The van der Waals surface area contributed by atoms with Gasteiger partial charge in [-0.05, 0) is 60.9 Å². The highest BCUT2D eigenvalue weighted by Gasteiger charge is 2.12. The summed E-state index contributed by atoms with van der Waals surface area (Å²) in [5, 5.41) is 12.2. The SMILES string of the molecule is CCCCc1ccc(Oc2nc(Nc3cccc(C(=O)O)c3)nc(Oc3ccccc3)n2)cc1. The van der Waals surface area contributed by atoms with E-state index in [4.69, 9.17) is 9.47 Å². The second-order valence-electron chi connectivity index (χ2n) is 7.50. The van der Waals surface area contributed by atoms with E-state index in [2.05, 4.69) is 27.2 Å². The fourth-order valence-electron chi connectivity index (χ4n) is 3.15. The first kappa shape index (κ1) is 22.7. The van der Waals surface area contributed by atoms with Gasteiger partial charge in [-0.2, -0.15) is 9.97 Å². The van der Waals surface area contributed by atoms with Crippen molar-refractivity contribution >= 4 is 17.6 Å². The zero-order valence-corrected chi connectivity index (χ0v) is 18.6. The fourth-order valence-corrected chi connectivity index (χ4v) is 3.15. The number of nitrogens with one attached hydrogen (secondary N) is 1. The zero-order chi connectivity index (χ0) is 23.8. The maximum Gasteiger partial charge on any atom is 0.335 e. The Balaban J connectivity index is 1.60. The number of hydrogen-bond donors (Lipinski definition) is 2. The van der Waals surface area contributed by atoms with Crippen LogP contribution in [0.1, 0.15) is 35.7 Å². The molecule has 0 spiro atoms. The minimum Gasteiger partial charge on any atom is -0.478 e. The number of anilines is 2. The molecule has 8 heteroatoms. The summed E-state index contributed by atoms with van der Waals surface area (Å²) >= 11 is 0. The van der Waals surface area contributed by atoms with Crippen LogP contribution in [0.25, 0.3) is 0 Å². The Bertz CT molecular complexity index is 1250. The fraction of sp³-hybridized carbons (Fsp3) is 0.154.